The van der Waals surface area contributed by atoms with Gasteiger partial charge >= 0.3 is 0 Å². The average molecular weight is 461 g/mol. The highest BCUT2D eigenvalue weighted by Crippen LogP contribution is 2.33. The lowest BCUT2D eigenvalue weighted by molar-refractivity contribution is -0.117. The first-order valence-corrected chi connectivity index (χ1v) is 11.0. The molecule has 2 aromatic carbocycles. The largest absolute Gasteiger partial charge is 0.493 e. The molecule has 0 saturated heterocycles. The minimum absolute atomic E-state index is 0.146. The van der Waals surface area contributed by atoms with Crippen LogP contribution in [0.15, 0.2) is 35.3 Å². The molecule has 0 radical (unpaired) electrons. The molecule has 32 heavy (non-hydrogen) atoms. The van der Waals surface area contributed by atoms with Gasteiger partial charge in [-0.05, 0) is 24.6 Å². The Labute approximate surface area is 191 Å². The number of aromatic nitrogens is 1. The van der Waals surface area contributed by atoms with Gasteiger partial charge in [0.1, 0.15) is 0 Å². The normalized spacial score (nSPS) is 11.6. The van der Waals surface area contributed by atoms with Crippen LogP contribution >= 0.6 is 11.3 Å². The monoisotopic (exact) mass is 460 g/mol. The van der Waals surface area contributed by atoms with Crippen molar-refractivity contribution in [1.29, 1.82) is 0 Å². The summed E-state index contributed by atoms with van der Waals surface area (Å²) in [6, 6.07) is 9.19. The van der Waals surface area contributed by atoms with Gasteiger partial charge in [0.15, 0.2) is 27.8 Å². The van der Waals surface area contributed by atoms with Crippen molar-refractivity contribution >= 4 is 27.5 Å². The molecule has 0 unspecified atom stereocenters. The third kappa shape index (κ3) is 5.23. The molecule has 0 N–H and O–H groups in total. The summed E-state index contributed by atoms with van der Waals surface area (Å²) < 4.78 is 29.9. The number of rotatable bonds is 10. The van der Waals surface area contributed by atoms with Crippen LogP contribution in [-0.2, 0) is 22.5 Å². The molecule has 0 atom stereocenters. The second-order valence-electron chi connectivity index (χ2n) is 6.78. The van der Waals surface area contributed by atoms with Crippen molar-refractivity contribution in [2.75, 3.05) is 41.7 Å². The lowest BCUT2D eigenvalue weighted by atomic mass is 10.1. The van der Waals surface area contributed by atoms with Crippen LogP contribution in [0.3, 0.4) is 0 Å². The summed E-state index contributed by atoms with van der Waals surface area (Å²) in [5, 5.41) is 0. The Hall–Kier alpha value is -3.04. The number of thiazole rings is 1. The summed E-state index contributed by atoms with van der Waals surface area (Å²) in [5.41, 5.74) is 1.70. The highest BCUT2D eigenvalue weighted by Gasteiger charge is 2.14. The van der Waals surface area contributed by atoms with E-state index in [-0.39, 0.29) is 12.3 Å². The van der Waals surface area contributed by atoms with Crippen molar-refractivity contribution in [3.05, 3.63) is 40.7 Å². The van der Waals surface area contributed by atoms with E-state index in [4.69, 9.17) is 23.7 Å². The number of amides is 1. The molecular weight excluding hydrogens is 432 g/mol. The Balaban J connectivity index is 1.99. The molecule has 9 heteroatoms. The highest BCUT2D eigenvalue weighted by molar-refractivity contribution is 7.16. The molecule has 1 amide bonds. The fraction of sp³-hybridized carbons (Fsp3) is 0.391. The molecule has 1 heterocycles. The van der Waals surface area contributed by atoms with Gasteiger partial charge in [-0.2, -0.15) is 4.99 Å². The van der Waals surface area contributed by atoms with Gasteiger partial charge in [0, 0.05) is 25.3 Å². The standard InChI is InChI=1S/C23H28N2O6S/c1-6-31-10-9-25-16-13-19(29-4)20(30-5)14-21(16)32-23(25)24-22(26)12-15-7-8-17(27-2)18(11-15)28-3/h7-8,11,13-14H,6,9-10,12H2,1-5H3. The van der Waals surface area contributed by atoms with E-state index < -0.39 is 0 Å². The Morgan fingerprint density at radius 1 is 0.938 bits per heavy atom. The van der Waals surface area contributed by atoms with Crippen LogP contribution in [0.25, 0.3) is 10.2 Å². The van der Waals surface area contributed by atoms with Crippen LogP contribution < -0.4 is 23.7 Å². The third-order valence-corrected chi connectivity index (χ3v) is 5.92. The van der Waals surface area contributed by atoms with Crippen LogP contribution in [0, 0.1) is 0 Å². The minimum atomic E-state index is -0.257. The van der Waals surface area contributed by atoms with Crippen molar-refractivity contribution in [3.8, 4) is 23.0 Å². The second kappa shape index (κ2) is 11.0. The second-order valence-corrected chi connectivity index (χ2v) is 7.79. The number of hydrogen-bond donors (Lipinski definition) is 0. The molecule has 3 aromatic rings. The smallest absolute Gasteiger partial charge is 0.252 e. The summed E-state index contributed by atoms with van der Waals surface area (Å²) in [4.78, 5) is 17.8. The number of carbonyl (C=O) groups is 1. The number of methoxy groups -OCH3 is 4. The summed E-state index contributed by atoms with van der Waals surface area (Å²) in [7, 11) is 6.33. The average Bonchev–Trinajstić information content (AvgIpc) is 3.13. The number of benzene rings is 2. The van der Waals surface area contributed by atoms with Gasteiger partial charge in [-0.25, -0.2) is 0 Å². The predicted octanol–water partition coefficient (Wildman–Crippen LogP) is 3.44. The molecule has 0 bridgehead atoms. The number of nitrogens with zero attached hydrogens (tertiary/aromatic N) is 2. The number of fused-ring (bicyclic) bond motifs is 1. The number of hydrogen-bond acceptors (Lipinski definition) is 7. The molecule has 1 aromatic heterocycles. The maximum atomic E-state index is 12.8. The zero-order valence-electron chi connectivity index (χ0n) is 19.0. The van der Waals surface area contributed by atoms with Crippen LogP contribution in [0.1, 0.15) is 12.5 Å². The number of carbonyl (C=O) groups excluding carboxylic acids is 1. The lowest BCUT2D eigenvalue weighted by Crippen LogP contribution is -2.20. The Kier molecular flexibility index (Phi) is 8.13. The van der Waals surface area contributed by atoms with Gasteiger partial charge in [0.2, 0.25) is 0 Å². The van der Waals surface area contributed by atoms with Crippen molar-refractivity contribution < 1.29 is 28.5 Å². The Morgan fingerprint density at radius 2 is 1.59 bits per heavy atom. The molecule has 172 valence electrons. The quantitative estimate of drug-likeness (QED) is 0.431. The van der Waals surface area contributed by atoms with E-state index in [1.807, 2.05) is 29.7 Å². The molecule has 0 fully saturated rings. The maximum Gasteiger partial charge on any atom is 0.252 e. The van der Waals surface area contributed by atoms with Crippen molar-refractivity contribution in [2.24, 2.45) is 4.99 Å². The summed E-state index contributed by atoms with van der Waals surface area (Å²) in [6.45, 7) is 3.63. The van der Waals surface area contributed by atoms with Crippen molar-refractivity contribution in [2.45, 2.75) is 19.9 Å². The first-order valence-electron chi connectivity index (χ1n) is 10.2. The Morgan fingerprint density at radius 3 is 2.25 bits per heavy atom. The van der Waals surface area contributed by atoms with Crippen LogP contribution in [0.5, 0.6) is 23.0 Å². The first-order chi connectivity index (χ1) is 15.5. The molecule has 3 rings (SSSR count). The SMILES string of the molecule is CCOCCn1c(=NC(=O)Cc2ccc(OC)c(OC)c2)sc2cc(OC)c(OC)cc21. The van der Waals surface area contributed by atoms with Crippen LogP contribution in [0.2, 0.25) is 0 Å². The molecule has 8 nitrogen and oxygen atoms in total. The molecule has 0 saturated carbocycles. The fourth-order valence-electron chi connectivity index (χ4n) is 3.31. The van der Waals surface area contributed by atoms with Crippen molar-refractivity contribution in [1.82, 2.24) is 4.57 Å². The number of ether oxygens (including phenoxy) is 5. The van der Waals surface area contributed by atoms with E-state index in [1.165, 1.54) is 11.3 Å². The van der Waals surface area contributed by atoms with Gasteiger partial charge in [-0.3, -0.25) is 4.79 Å². The van der Waals surface area contributed by atoms with E-state index in [0.29, 0.717) is 47.6 Å². The lowest BCUT2D eigenvalue weighted by Gasteiger charge is -2.09. The van der Waals surface area contributed by atoms with E-state index in [9.17, 15) is 4.79 Å². The van der Waals surface area contributed by atoms with Crippen LogP contribution in [0.4, 0.5) is 0 Å². The van der Waals surface area contributed by atoms with E-state index >= 15 is 0 Å². The summed E-state index contributed by atoms with van der Waals surface area (Å²) >= 11 is 1.42. The van der Waals surface area contributed by atoms with E-state index in [2.05, 4.69) is 4.99 Å². The van der Waals surface area contributed by atoms with Gasteiger partial charge in [-0.15, -0.1) is 0 Å². The highest BCUT2D eigenvalue weighted by atomic mass is 32.1. The van der Waals surface area contributed by atoms with Gasteiger partial charge in [-0.1, -0.05) is 17.4 Å². The van der Waals surface area contributed by atoms with Gasteiger partial charge in [0.05, 0.1) is 51.7 Å². The topological polar surface area (TPSA) is 80.5 Å². The van der Waals surface area contributed by atoms with Gasteiger partial charge < -0.3 is 28.3 Å². The first kappa shape index (κ1) is 23.6. The predicted molar refractivity (Wildman–Crippen MR) is 123 cm³/mol. The molecular formula is C23H28N2O6S. The van der Waals surface area contributed by atoms with Gasteiger partial charge in [0.25, 0.3) is 5.91 Å². The van der Waals surface area contributed by atoms with Crippen LogP contribution in [-0.4, -0.2) is 52.1 Å². The minimum Gasteiger partial charge on any atom is -0.493 e. The molecule has 0 aliphatic heterocycles. The molecule has 0 aliphatic carbocycles. The fourth-order valence-corrected chi connectivity index (χ4v) is 4.39. The maximum absolute atomic E-state index is 12.8. The zero-order chi connectivity index (χ0) is 23.1. The summed E-state index contributed by atoms with van der Waals surface area (Å²) in [6.07, 6.45) is 0.146. The zero-order valence-corrected chi connectivity index (χ0v) is 19.8. The van der Waals surface area contributed by atoms with Crippen molar-refractivity contribution in [3.63, 3.8) is 0 Å². The Bertz CT molecular complexity index is 1150. The summed E-state index contributed by atoms with van der Waals surface area (Å²) in [5.74, 6) is 2.17. The molecule has 0 aliphatic rings. The van der Waals surface area contributed by atoms with E-state index in [1.54, 1.807) is 40.6 Å². The third-order valence-electron chi connectivity index (χ3n) is 4.88. The van der Waals surface area contributed by atoms with E-state index in [0.717, 1.165) is 15.8 Å². The molecule has 0 spiro atoms.